The van der Waals surface area contributed by atoms with Crippen molar-refractivity contribution in [3.63, 3.8) is 0 Å². The molecule has 1 unspecified atom stereocenters. The number of piperidine rings is 1. The van der Waals surface area contributed by atoms with Crippen LogP contribution in [0.25, 0.3) is 10.4 Å². The van der Waals surface area contributed by atoms with Gasteiger partial charge in [-0.05, 0) is 69.3 Å². The molecule has 4 rings (SSSR count). The summed E-state index contributed by atoms with van der Waals surface area (Å²) < 4.78 is 16.2. The lowest BCUT2D eigenvalue weighted by molar-refractivity contribution is -0.117. The maximum absolute atomic E-state index is 12.9. The molecule has 0 radical (unpaired) electrons. The molecule has 3 N–H and O–H groups in total. The Balaban J connectivity index is 1.46. The van der Waals surface area contributed by atoms with Gasteiger partial charge in [-0.3, -0.25) is 4.79 Å². The van der Waals surface area contributed by atoms with Crippen LogP contribution in [-0.2, 0) is 15.8 Å². The molecule has 1 aliphatic carbocycles. The second-order valence-corrected chi connectivity index (χ2v) is 11.0. The highest BCUT2D eigenvalue weighted by atomic mass is 35.5. The van der Waals surface area contributed by atoms with Gasteiger partial charge in [-0.15, -0.1) is 0 Å². The van der Waals surface area contributed by atoms with E-state index in [0.717, 1.165) is 54.9 Å². The molecule has 1 aliphatic heterocycles. The zero-order chi connectivity index (χ0) is 21.8. The fraction of sp³-hybridized carbons (Fsp3) is 0.545. The van der Waals surface area contributed by atoms with Crippen LogP contribution in [0.15, 0.2) is 23.1 Å². The number of carbonyl (C=O) groups excluding carboxylic acids is 1. The molecular formula is C22H29ClN4O2S2. The maximum Gasteiger partial charge on any atom is 0.226 e. The summed E-state index contributed by atoms with van der Waals surface area (Å²) in [5.74, 6) is 0.540. The number of aryl methyl sites for hydroxylation is 1. The van der Waals surface area contributed by atoms with Crippen molar-refractivity contribution in [2.45, 2.75) is 62.8 Å². The quantitative estimate of drug-likeness (QED) is 0.538. The van der Waals surface area contributed by atoms with E-state index in [1.165, 1.54) is 24.2 Å². The van der Waals surface area contributed by atoms with E-state index in [9.17, 15) is 9.00 Å². The predicted octanol–water partition coefficient (Wildman–Crippen LogP) is 4.65. The van der Waals surface area contributed by atoms with Gasteiger partial charge in [0.2, 0.25) is 5.91 Å². The van der Waals surface area contributed by atoms with Crippen molar-refractivity contribution in [3.05, 3.63) is 28.9 Å². The fourth-order valence-corrected chi connectivity index (χ4v) is 6.76. The molecule has 6 nitrogen and oxygen atoms in total. The summed E-state index contributed by atoms with van der Waals surface area (Å²) in [4.78, 5) is 18.5. The zero-order valence-electron chi connectivity index (χ0n) is 17.7. The summed E-state index contributed by atoms with van der Waals surface area (Å²) in [6.07, 6.45) is 7.20. The number of aromatic nitrogens is 1. The molecule has 1 saturated heterocycles. The number of hydrogen-bond acceptors (Lipinski definition) is 5. The van der Waals surface area contributed by atoms with Crippen molar-refractivity contribution in [1.82, 2.24) is 15.0 Å². The highest BCUT2D eigenvalue weighted by Gasteiger charge is 2.21. The first-order valence-corrected chi connectivity index (χ1v) is 13.3. The smallest absolute Gasteiger partial charge is 0.226 e. The largest absolute Gasteiger partial charge is 0.317 e. The Kier molecular flexibility index (Phi) is 7.77. The molecule has 2 heterocycles. The van der Waals surface area contributed by atoms with Gasteiger partial charge >= 0.3 is 0 Å². The van der Waals surface area contributed by atoms with Crippen molar-refractivity contribution >= 4 is 45.0 Å². The number of nitrogens with one attached hydrogen (secondary N) is 3. The van der Waals surface area contributed by atoms with Gasteiger partial charge < -0.3 is 10.6 Å². The number of nitrogens with zero attached hydrogens (tertiary/aromatic N) is 1. The predicted molar refractivity (Wildman–Crippen MR) is 128 cm³/mol. The molecule has 1 amide bonds. The Hall–Kier alpha value is -1.32. The van der Waals surface area contributed by atoms with Crippen LogP contribution in [0.2, 0.25) is 5.02 Å². The molecule has 1 aromatic carbocycles. The first-order valence-electron chi connectivity index (χ1n) is 11.0. The number of anilines is 1. The van der Waals surface area contributed by atoms with Gasteiger partial charge in [0, 0.05) is 12.5 Å². The van der Waals surface area contributed by atoms with E-state index in [-0.39, 0.29) is 11.9 Å². The Morgan fingerprint density at radius 2 is 2.00 bits per heavy atom. The molecule has 1 saturated carbocycles. The van der Waals surface area contributed by atoms with Crippen molar-refractivity contribution < 1.29 is 9.00 Å². The molecule has 168 valence electrons. The fourth-order valence-electron chi connectivity index (χ4n) is 4.31. The Labute approximate surface area is 195 Å². The highest BCUT2D eigenvalue weighted by Crippen LogP contribution is 2.36. The van der Waals surface area contributed by atoms with E-state index in [2.05, 4.69) is 20.3 Å². The van der Waals surface area contributed by atoms with Gasteiger partial charge in [-0.1, -0.05) is 41.8 Å². The molecule has 0 spiro atoms. The summed E-state index contributed by atoms with van der Waals surface area (Å²) in [5, 5.41) is 7.37. The van der Waals surface area contributed by atoms with Crippen LogP contribution in [0, 0.1) is 12.8 Å². The minimum absolute atomic E-state index is 0.0382. The molecule has 9 heteroatoms. The SMILES string of the molecule is Cc1nc(NC(=O)CC2CCCC2)sc1-c1ccc(Cl)c(S(=O)NC2CCNCC2)c1. The molecule has 2 fully saturated rings. The summed E-state index contributed by atoms with van der Waals surface area (Å²) >= 11 is 7.82. The minimum atomic E-state index is -1.38. The Morgan fingerprint density at radius 1 is 1.26 bits per heavy atom. The van der Waals surface area contributed by atoms with E-state index in [1.807, 2.05) is 19.1 Å². The van der Waals surface area contributed by atoms with E-state index in [1.54, 1.807) is 6.07 Å². The summed E-state index contributed by atoms with van der Waals surface area (Å²) in [6.45, 7) is 3.78. The van der Waals surface area contributed by atoms with Crippen LogP contribution >= 0.6 is 22.9 Å². The van der Waals surface area contributed by atoms with Crippen LogP contribution in [-0.4, -0.2) is 34.2 Å². The Morgan fingerprint density at radius 3 is 2.74 bits per heavy atom. The highest BCUT2D eigenvalue weighted by molar-refractivity contribution is 7.83. The topological polar surface area (TPSA) is 83.1 Å². The molecular weight excluding hydrogens is 452 g/mol. The number of thiazole rings is 1. The second-order valence-electron chi connectivity index (χ2n) is 8.39. The summed E-state index contributed by atoms with van der Waals surface area (Å²) in [5.41, 5.74) is 1.75. The van der Waals surface area contributed by atoms with Crippen LogP contribution < -0.4 is 15.4 Å². The third-order valence-corrected chi connectivity index (χ3v) is 8.85. The lowest BCUT2D eigenvalue weighted by Crippen LogP contribution is -2.40. The molecule has 1 atom stereocenters. The lowest BCUT2D eigenvalue weighted by Gasteiger charge is -2.23. The number of hydrogen-bond donors (Lipinski definition) is 3. The number of halogens is 1. The maximum atomic E-state index is 12.9. The zero-order valence-corrected chi connectivity index (χ0v) is 20.1. The van der Waals surface area contributed by atoms with Crippen LogP contribution in [0.5, 0.6) is 0 Å². The third kappa shape index (κ3) is 5.93. The second kappa shape index (κ2) is 10.5. The van der Waals surface area contributed by atoms with Crippen molar-refractivity contribution in [2.75, 3.05) is 18.4 Å². The van der Waals surface area contributed by atoms with Gasteiger partial charge in [-0.25, -0.2) is 13.9 Å². The average molecular weight is 481 g/mol. The van der Waals surface area contributed by atoms with E-state index in [0.29, 0.717) is 27.4 Å². The third-order valence-electron chi connectivity index (χ3n) is 6.00. The van der Waals surface area contributed by atoms with E-state index in [4.69, 9.17) is 11.6 Å². The first-order chi connectivity index (χ1) is 15.0. The van der Waals surface area contributed by atoms with Crippen LogP contribution in [0.1, 0.15) is 50.6 Å². The van der Waals surface area contributed by atoms with E-state index < -0.39 is 11.0 Å². The summed E-state index contributed by atoms with van der Waals surface area (Å²) in [7, 11) is -1.38. The number of amides is 1. The number of carbonyl (C=O) groups is 1. The number of rotatable bonds is 7. The van der Waals surface area contributed by atoms with Gasteiger partial charge in [0.1, 0.15) is 11.0 Å². The minimum Gasteiger partial charge on any atom is -0.317 e. The van der Waals surface area contributed by atoms with Gasteiger partial charge in [0.25, 0.3) is 0 Å². The van der Waals surface area contributed by atoms with Crippen molar-refractivity contribution in [3.8, 4) is 10.4 Å². The molecule has 1 aromatic heterocycles. The van der Waals surface area contributed by atoms with Gasteiger partial charge in [0.15, 0.2) is 5.13 Å². The van der Waals surface area contributed by atoms with Crippen molar-refractivity contribution in [2.24, 2.45) is 5.92 Å². The first kappa shape index (κ1) is 22.9. The standard InChI is InChI=1S/C22H29ClN4O2S2/c1-14-21(30-22(25-14)26-20(28)12-15-4-2-3-5-15)16-6-7-18(23)19(13-16)31(29)27-17-8-10-24-11-9-17/h6-7,13,15,17,24,27H,2-5,8-12H2,1H3,(H,25,26,28). The summed E-state index contributed by atoms with van der Waals surface area (Å²) in [6, 6.07) is 5.79. The van der Waals surface area contributed by atoms with Gasteiger partial charge in [-0.2, -0.15) is 0 Å². The van der Waals surface area contributed by atoms with E-state index >= 15 is 0 Å². The van der Waals surface area contributed by atoms with Gasteiger partial charge in [0.05, 0.1) is 20.5 Å². The van der Waals surface area contributed by atoms with Crippen LogP contribution in [0.3, 0.4) is 0 Å². The molecule has 31 heavy (non-hydrogen) atoms. The van der Waals surface area contributed by atoms with Crippen LogP contribution in [0.4, 0.5) is 5.13 Å². The number of benzene rings is 1. The monoisotopic (exact) mass is 480 g/mol. The molecule has 0 bridgehead atoms. The van der Waals surface area contributed by atoms with Crippen molar-refractivity contribution in [1.29, 1.82) is 0 Å². The lowest BCUT2D eigenvalue weighted by atomic mass is 10.0. The normalized spacial score (nSPS) is 18.9. The molecule has 2 aromatic rings. The Bertz CT molecular complexity index is 953. The average Bonchev–Trinajstić information content (AvgIpc) is 3.38. The molecule has 2 aliphatic rings.